The zero-order chi connectivity index (χ0) is 20.1. The zero-order valence-electron chi connectivity index (χ0n) is 16.5. The van der Waals surface area contributed by atoms with Crippen LogP contribution in [0.5, 0.6) is 5.75 Å². The summed E-state index contributed by atoms with van der Waals surface area (Å²) in [7, 11) is 0. The van der Waals surface area contributed by atoms with E-state index in [0.717, 1.165) is 11.1 Å². The van der Waals surface area contributed by atoms with E-state index in [1.54, 1.807) is 36.1 Å². The van der Waals surface area contributed by atoms with E-state index in [-0.39, 0.29) is 11.8 Å². The van der Waals surface area contributed by atoms with Crippen molar-refractivity contribution >= 4 is 17.5 Å². The van der Waals surface area contributed by atoms with Crippen LogP contribution in [0.15, 0.2) is 42.5 Å². The fraction of sp³-hybridized carbons (Fsp3) is 0.364. The second-order valence-electron chi connectivity index (χ2n) is 6.97. The van der Waals surface area contributed by atoms with Crippen LogP contribution in [0.1, 0.15) is 28.4 Å². The molecule has 148 valence electrons. The molecular formula is C22H26N2O4. The van der Waals surface area contributed by atoms with E-state index in [0.29, 0.717) is 43.3 Å². The monoisotopic (exact) mass is 382 g/mol. The van der Waals surface area contributed by atoms with E-state index in [4.69, 9.17) is 9.47 Å². The summed E-state index contributed by atoms with van der Waals surface area (Å²) in [5.41, 5.74) is 3.07. The van der Waals surface area contributed by atoms with Gasteiger partial charge in [0.1, 0.15) is 5.75 Å². The summed E-state index contributed by atoms with van der Waals surface area (Å²) in [6.07, 6.45) is -0.701. The van der Waals surface area contributed by atoms with Crippen LogP contribution in [0.25, 0.3) is 0 Å². The van der Waals surface area contributed by atoms with Crippen molar-refractivity contribution in [1.82, 2.24) is 4.90 Å². The Morgan fingerprint density at radius 3 is 2.54 bits per heavy atom. The maximum absolute atomic E-state index is 12.8. The number of anilines is 1. The molecule has 1 fully saturated rings. The van der Waals surface area contributed by atoms with Gasteiger partial charge in [0.2, 0.25) is 0 Å². The number of ether oxygens (including phenoxy) is 2. The van der Waals surface area contributed by atoms with Gasteiger partial charge < -0.3 is 19.7 Å². The number of carbonyl (C=O) groups is 2. The van der Waals surface area contributed by atoms with E-state index in [9.17, 15) is 9.59 Å². The Morgan fingerprint density at radius 2 is 1.82 bits per heavy atom. The van der Waals surface area contributed by atoms with Gasteiger partial charge in [-0.2, -0.15) is 0 Å². The molecule has 2 aromatic rings. The first-order valence-corrected chi connectivity index (χ1v) is 9.46. The number of carbonyl (C=O) groups excluding carboxylic acids is 2. The molecule has 6 nitrogen and oxygen atoms in total. The van der Waals surface area contributed by atoms with Crippen LogP contribution in [0, 0.1) is 13.8 Å². The number of benzene rings is 2. The van der Waals surface area contributed by atoms with Gasteiger partial charge in [0.15, 0.2) is 6.10 Å². The average Bonchev–Trinajstić information content (AvgIpc) is 2.70. The number of amides is 2. The van der Waals surface area contributed by atoms with Crippen LogP contribution in [0.3, 0.4) is 0 Å². The van der Waals surface area contributed by atoms with Crippen LogP contribution in [0.2, 0.25) is 0 Å². The van der Waals surface area contributed by atoms with Gasteiger partial charge in [0.05, 0.1) is 24.5 Å². The normalized spacial score (nSPS) is 15.0. The maximum atomic E-state index is 12.8. The third kappa shape index (κ3) is 4.70. The predicted octanol–water partition coefficient (Wildman–Crippen LogP) is 3.18. The number of hydrogen-bond donors (Lipinski definition) is 1. The van der Waals surface area contributed by atoms with Crippen molar-refractivity contribution in [2.75, 3.05) is 31.6 Å². The van der Waals surface area contributed by atoms with Crippen molar-refractivity contribution in [2.24, 2.45) is 0 Å². The minimum absolute atomic E-state index is 0.109. The number of aryl methyl sites for hydroxylation is 2. The van der Waals surface area contributed by atoms with E-state index < -0.39 is 6.10 Å². The lowest BCUT2D eigenvalue weighted by atomic mass is 10.1. The average molecular weight is 382 g/mol. The number of para-hydroxylation sites is 1. The Labute approximate surface area is 165 Å². The van der Waals surface area contributed by atoms with Crippen LogP contribution in [0.4, 0.5) is 5.69 Å². The Kier molecular flexibility index (Phi) is 6.31. The minimum atomic E-state index is -0.701. The van der Waals surface area contributed by atoms with Gasteiger partial charge in [-0.3, -0.25) is 9.59 Å². The molecule has 1 N–H and O–H groups in total. The fourth-order valence-electron chi connectivity index (χ4n) is 3.13. The van der Waals surface area contributed by atoms with Crippen molar-refractivity contribution in [3.8, 4) is 5.75 Å². The van der Waals surface area contributed by atoms with Crippen LogP contribution in [-0.4, -0.2) is 49.1 Å². The summed E-state index contributed by atoms with van der Waals surface area (Å²) in [4.78, 5) is 27.2. The summed E-state index contributed by atoms with van der Waals surface area (Å²) < 4.78 is 11.1. The largest absolute Gasteiger partial charge is 0.481 e. The second kappa shape index (κ2) is 8.89. The molecule has 3 rings (SSSR count). The highest BCUT2D eigenvalue weighted by molar-refractivity contribution is 6.04. The molecule has 1 aliphatic rings. The predicted molar refractivity (Wildman–Crippen MR) is 108 cm³/mol. The van der Waals surface area contributed by atoms with E-state index >= 15 is 0 Å². The number of nitrogens with one attached hydrogen (secondary N) is 1. The molecule has 0 radical (unpaired) electrons. The summed E-state index contributed by atoms with van der Waals surface area (Å²) in [6.45, 7) is 7.81. The third-order valence-corrected chi connectivity index (χ3v) is 4.72. The SMILES string of the molecule is Cc1ccc(O[C@H](C)C(=O)Nc2ccccc2C(=O)N2CCOCC2)c(C)c1. The van der Waals surface area contributed by atoms with Crippen LogP contribution >= 0.6 is 0 Å². The highest BCUT2D eigenvalue weighted by atomic mass is 16.5. The third-order valence-electron chi connectivity index (χ3n) is 4.72. The van der Waals surface area contributed by atoms with Crippen LogP contribution in [-0.2, 0) is 9.53 Å². The van der Waals surface area contributed by atoms with Crippen LogP contribution < -0.4 is 10.1 Å². The van der Waals surface area contributed by atoms with Gasteiger partial charge in [0, 0.05) is 13.1 Å². The molecule has 0 aliphatic carbocycles. The molecule has 1 aliphatic heterocycles. The van der Waals surface area contributed by atoms with Crippen molar-refractivity contribution in [3.05, 3.63) is 59.2 Å². The summed E-state index contributed by atoms with van der Waals surface area (Å²) in [5, 5.41) is 2.84. The number of hydrogen-bond acceptors (Lipinski definition) is 4. The highest BCUT2D eigenvalue weighted by Gasteiger charge is 2.23. The van der Waals surface area contributed by atoms with Gasteiger partial charge in [-0.05, 0) is 44.5 Å². The molecular weight excluding hydrogens is 356 g/mol. The molecule has 0 aromatic heterocycles. The minimum Gasteiger partial charge on any atom is -0.481 e. The zero-order valence-corrected chi connectivity index (χ0v) is 16.5. The lowest BCUT2D eigenvalue weighted by Gasteiger charge is -2.27. The standard InChI is InChI=1S/C22H26N2O4/c1-15-8-9-20(16(2)14-15)28-17(3)21(25)23-19-7-5-4-6-18(19)22(26)24-10-12-27-13-11-24/h4-9,14,17H,10-13H2,1-3H3,(H,23,25)/t17-/m1/s1. The first kappa shape index (κ1) is 19.9. The Balaban J connectivity index is 1.70. The van der Waals surface area contributed by atoms with E-state index in [2.05, 4.69) is 5.32 Å². The number of rotatable bonds is 5. The molecule has 0 saturated carbocycles. The number of nitrogens with zero attached hydrogens (tertiary/aromatic N) is 1. The number of morpholine rings is 1. The topological polar surface area (TPSA) is 67.9 Å². The molecule has 1 heterocycles. The van der Waals surface area contributed by atoms with Crippen molar-refractivity contribution in [2.45, 2.75) is 26.9 Å². The van der Waals surface area contributed by atoms with Gasteiger partial charge in [0.25, 0.3) is 11.8 Å². The van der Waals surface area contributed by atoms with Gasteiger partial charge in [-0.15, -0.1) is 0 Å². The van der Waals surface area contributed by atoms with Crippen molar-refractivity contribution in [1.29, 1.82) is 0 Å². The molecule has 6 heteroatoms. The summed E-state index contributed by atoms with van der Waals surface area (Å²) in [5.74, 6) is 0.260. The molecule has 2 amide bonds. The highest BCUT2D eigenvalue weighted by Crippen LogP contribution is 2.22. The first-order valence-electron chi connectivity index (χ1n) is 9.46. The van der Waals surface area contributed by atoms with E-state index in [1.165, 1.54) is 0 Å². The van der Waals surface area contributed by atoms with E-state index in [1.807, 2.05) is 32.0 Å². The van der Waals surface area contributed by atoms with Gasteiger partial charge in [-0.1, -0.05) is 29.8 Å². The Hall–Kier alpha value is -2.86. The first-order chi connectivity index (χ1) is 13.5. The second-order valence-corrected chi connectivity index (χ2v) is 6.97. The van der Waals surface area contributed by atoms with Crippen molar-refractivity contribution in [3.63, 3.8) is 0 Å². The smallest absolute Gasteiger partial charge is 0.265 e. The molecule has 0 bridgehead atoms. The van der Waals surface area contributed by atoms with Gasteiger partial charge in [-0.25, -0.2) is 0 Å². The lowest BCUT2D eigenvalue weighted by molar-refractivity contribution is -0.122. The quantitative estimate of drug-likeness (QED) is 0.862. The maximum Gasteiger partial charge on any atom is 0.265 e. The summed E-state index contributed by atoms with van der Waals surface area (Å²) >= 11 is 0. The molecule has 1 atom stereocenters. The summed E-state index contributed by atoms with van der Waals surface area (Å²) in [6, 6.07) is 12.9. The molecule has 2 aromatic carbocycles. The fourth-order valence-corrected chi connectivity index (χ4v) is 3.13. The lowest BCUT2D eigenvalue weighted by Crippen LogP contribution is -2.41. The van der Waals surface area contributed by atoms with Gasteiger partial charge >= 0.3 is 0 Å². The molecule has 0 spiro atoms. The molecule has 1 saturated heterocycles. The molecule has 28 heavy (non-hydrogen) atoms. The van der Waals surface area contributed by atoms with Crippen molar-refractivity contribution < 1.29 is 19.1 Å². The molecule has 0 unspecified atom stereocenters. The Morgan fingerprint density at radius 1 is 1.11 bits per heavy atom. The Bertz CT molecular complexity index is 859.